The van der Waals surface area contributed by atoms with Gasteiger partial charge in [-0.05, 0) is 58.7 Å². The Morgan fingerprint density at radius 2 is 1.67 bits per heavy atom. The van der Waals surface area contributed by atoms with Crippen molar-refractivity contribution in [1.29, 1.82) is 0 Å². The van der Waals surface area contributed by atoms with Gasteiger partial charge in [0.05, 0.1) is 20.1 Å². The number of hydrogen-bond donors (Lipinski definition) is 0. The maximum absolute atomic E-state index is 12.1. The van der Waals surface area contributed by atoms with Crippen LogP contribution in [-0.4, -0.2) is 20.2 Å². The average Bonchev–Trinajstić information content (AvgIpc) is 2.65. The molecule has 122 valence electrons. The molecule has 0 fully saturated rings. The van der Waals surface area contributed by atoms with E-state index in [1.807, 2.05) is 43.3 Å². The van der Waals surface area contributed by atoms with Crippen molar-refractivity contribution in [3.8, 4) is 16.9 Å². The molecule has 3 aromatic carbocycles. The maximum atomic E-state index is 12.1. The van der Waals surface area contributed by atoms with Gasteiger partial charge in [0, 0.05) is 0 Å². The summed E-state index contributed by atoms with van der Waals surface area (Å²) in [6.45, 7) is 1.88. The summed E-state index contributed by atoms with van der Waals surface area (Å²) in [4.78, 5) is 12.1. The molecule has 0 aliphatic heterocycles. The van der Waals surface area contributed by atoms with E-state index in [4.69, 9.17) is 9.47 Å². The Bertz CT molecular complexity index is 869. The molecule has 0 spiro atoms. The minimum absolute atomic E-state index is 0.236. The highest BCUT2D eigenvalue weighted by atomic mass is 16.5. The smallest absolute Gasteiger partial charge is 0.312 e. The molecule has 3 rings (SSSR count). The Labute approximate surface area is 141 Å². The largest absolute Gasteiger partial charge is 0.497 e. The molecule has 24 heavy (non-hydrogen) atoms. The first-order chi connectivity index (χ1) is 11.6. The average molecular weight is 320 g/mol. The number of rotatable bonds is 4. The third-order valence-electron chi connectivity index (χ3n) is 4.32. The van der Waals surface area contributed by atoms with E-state index in [2.05, 4.69) is 24.3 Å². The van der Waals surface area contributed by atoms with Crippen LogP contribution in [0.1, 0.15) is 18.4 Å². The lowest BCUT2D eigenvalue weighted by Gasteiger charge is -2.17. The second-order valence-corrected chi connectivity index (χ2v) is 5.76. The first-order valence-electron chi connectivity index (χ1n) is 7.89. The highest BCUT2D eigenvalue weighted by Gasteiger charge is 2.20. The van der Waals surface area contributed by atoms with Crippen LogP contribution >= 0.6 is 0 Å². The maximum Gasteiger partial charge on any atom is 0.312 e. The first kappa shape index (κ1) is 16.1. The van der Waals surface area contributed by atoms with E-state index in [0.29, 0.717) is 0 Å². The van der Waals surface area contributed by atoms with Gasteiger partial charge in [0.2, 0.25) is 0 Å². The third-order valence-corrected chi connectivity index (χ3v) is 4.32. The van der Waals surface area contributed by atoms with Gasteiger partial charge in [0.25, 0.3) is 0 Å². The van der Waals surface area contributed by atoms with Crippen LogP contribution in [0.5, 0.6) is 5.75 Å². The fraction of sp³-hybridized carbons (Fsp3) is 0.190. The third kappa shape index (κ3) is 2.98. The number of hydrogen-bond acceptors (Lipinski definition) is 3. The lowest BCUT2D eigenvalue weighted by molar-refractivity contribution is -0.141. The molecule has 0 N–H and O–H groups in total. The Hall–Kier alpha value is -2.81. The second kappa shape index (κ2) is 6.75. The van der Waals surface area contributed by atoms with Gasteiger partial charge in [0.15, 0.2) is 0 Å². The Balaban J connectivity index is 2.25. The van der Waals surface area contributed by atoms with Crippen molar-refractivity contribution < 1.29 is 14.3 Å². The quantitative estimate of drug-likeness (QED) is 0.648. The van der Waals surface area contributed by atoms with Gasteiger partial charge in [-0.3, -0.25) is 4.79 Å². The number of methoxy groups -OCH3 is 2. The van der Waals surface area contributed by atoms with Gasteiger partial charge in [-0.2, -0.15) is 0 Å². The summed E-state index contributed by atoms with van der Waals surface area (Å²) in [6, 6.07) is 20.2. The van der Waals surface area contributed by atoms with Crippen LogP contribution in [0.2, 0.25) is 0 Å². The summed E-state index contributed by atoms with van der Waals surface area (Å²) in [6.07, 6.45) is 0. The van der Waals surface area contributed by atoms with Gasteiger partial charge in [0.1, 0.15) is 5.75 Å². The van der Waals surface area contributed by atoms with Crippen LogP contribution in [0, 0.1) is 0 Å². The normalized spacial score (nSPS) is 12.0. The topological polar surface area (TPSA) is 35.5 Å². The molecule has 0 aromatic heterocycles. The van der Waals surface area contributed by atoms with Gasteiger partial charge >= 0.3 is 5.97 Å². The molecule has 0 radical (unpaired) electrons. The monoisotopic (exact) mass is 320 g/mol. The zero-order valence-electron chi connectivity index (χ0n) is 14.1. The van der Waals surface area contributed by atoms with Crippen LogP contribution in [0.4, 0.5) is 0 Å². The van der Waals surface area contributed by atoms with E-state index in [0.717, 1.165) is 33.2 Å². The van der Waals surface area contributed by atoms with Crippen LogP contribution in [-0.2, 0) is 9.53 Å². The molecular weight excluding hydrogens is 300 g/mol. The summed E-state index contributed by atoms with van der Waals surface area (Å²) >= 11 is 0. The van der Waals surface area contributed by atoms with Crippen LogP contribution in [0.25, 0.3) is 21.9 Å². The summed E-state index contributed by atoms with van der Waals surface area (Å²) in [5.74, 6) is 0.243. The molecule has 0 aliphatic rings. The van der Waals surface area contributed by atoms with Crippen molar-refractivity contribution in [2.45, 2.75) is 12.8 Å². The van der Waals surface area contributed by atoms with Crippen molar-refractivity contribution in [2.24, 2.45) is 0 Å². The van der Waals surface area contributed by atoms with Gasteiger partial charge in [-0.15, -0.1) is 0 Å². The summed E-state index contributed by atoms with van der Waals surface area (Å²) in [5.41, 5.74) is 3.08. The minimum atomic E-state index is -0.336. The Morgan fingerprint density at radius 1 is 0.917 bits per heavy atom. The fourth-order valence-corrected chi connectivity index (χ4v) is 2.95. The molecule has 0 saturated carbocycles. The molecule has 3 aromatic rings. The molecule has 0 aliphatic carbocycles. The number of carbonyl (C=O) groups is 1. The number of ether oxygens (including phenoxy) is 2. The summed E-state index contributed by atoms with van der Waals surface area (Å²) < 4.78 is 10.3. The van der Waals surface area contributed by atoms with E-state index in [1.54, 1.807) is 7.11 Å². The standard InChI is InChI=1S/C21H20O3/c1-14(21(22)24-3)19-12-16-9-10-18(23-2)11-17(16)13-20(19)15-7-5-4-6-8-15/h4-14H,1-3H3. The highest BCUT2D eigenvalue weighted by Crippen LogP contribution is 2.35. The van der Waals surface area contributed by atoms with Crippen molar-refractivity contribution in [1.82, 2.24) is 0 Å². The molecule has 1 unspecified atom stereocenters. The SMILES string of the molecule is COC(=O)C(C)c1cc2ccc(OC)cc2cc1-c1ccccc1. The predicted octanol–water partition coefficient (Wildman–Crippen LogP) is 4.79. The molecule has 0 heterocycles. The van der Waals surface area contributed by atoms with Gasteiger partial charge in [-0.1, -0.05) is 36.4 Å². The van der Waals surface area contributed by atoms with Gasteiger partial charge in [-0.25, -0.2) is 0 Å². The molecule has 0 bridgehead atoms. The Kier molecular flexibility index (Phi) is 4.52. The molecule has 0 saturated heterocycles. The van der Waals surface area contributed by atoms with Crippen molar-refractivity contribution in [2.75, 3.05) is 14.2 Å². The highest BCUT2D eigenvalue weighted by molar-refractivity contribution is 5.93. The van der Waals surface area contributed by atoms with Crippen molar-refractivity contribution in [3.05, 3.63) is 66.2 Å². The fourth-order valence-electron chi connectivity index (χ4n) is 2.95. The van der Waals surface area contributed by atoms with E-state index in [1.165, 1.54) is 7.11 Å². The predicted molar refractivity (Wildman–Crippen MR) is 96.4 cm³/mol. The number of fused-ring (bicyclic) bond motifs is 1. The number of benzene rings is 3. The Morgan fingerprint density at radius 3 is 2.33 bits per heavy atom. The summed E-state index contributed by atoms with van der Waals surface area (Å²) in [7, 11) is 3.08. The van der Waals surface area contributed by atoms with E-state index in [-0.39, 0.29) is 11.9 Å². The number of carbonyl (C=O) groups excluding carboxylic acids is 1. The van der Waals surface area contributed by atoms with Crippen molar-refractivity contribution >= 4 is 16.7 Å². The zero-order valence-corrected chi connectivity index (χ0v) is 14.1. The van der Waals surface area contributed by atoms with E-state index >= 15 is 0 Å². The molecular formula is C21H20O3. The lowest BCUT2D eigenvalue weighted by Crippen LogP contribution is -2.12. The van der Waals surface area contributed by atoms with Gasteiger partial charge < -0.3 is 9.47 Å². The van der Waals surface area contributed by atoms with Crippen LogP contribution in [0.3, 0.4) is 0 Å². The first-order valence-corrected chi connectivity index (χ1v) is 7.89. The lowest BCUT2D eigenvalue weighted by atomic mass is 9.89. The van der Waals surface area contributed by atoms with Crippen LogP contribution in [0.15, 0.2) is 60.7 Å². The summed E-state index contributed by atoms with van der Waals surface area (Å²) in [5, 5.41) is 2.15. The molecule has 3 nitrogen and oxygen atoms in total. The molecule has 1 atom stereocenters. The van der Waals surface area contributed by atoms with E-state index in [9.17, 15) is 4.79 Å². The molecule has 3 heteroatoms. The minimum Gasteiger partial charge on any atom is -0.497 e. The molecule has 0 amide bonds. The van der Waals surface area contributed by atoms with E-state index < -0.39 is 0 Å². The number of esters is 1. The van der Waals surface area contributed by atoms with Crippen molar-refractivity contribution in [3.63, 3.8) is 0 Å². The van der Waals surface area contributed by atoms with Crippen LogP contribution < -0.4 is 4.74 Å². The zero-order chi connectivity index (χ0) is 17.1. The second-order valence-electron chi connectivity index (χ2n) is 5.76.